The smallest absolute Gasteiger partial charge is 0.275 e. The number of aliphatic imine (C=N–C) groups is 2. The lowest BCUT2D eigenvalue weighted by Gasteiger charge is -2.13. The predicted octanol–water partition coefficient (Wildman–Crippen LogP) is 4.93. The molecule has 0 spiro atoms. The summed E-state index contributed by atoms with van der Waals surface area (Å²) in [6.07, 6.45) is 2.43. The number of benzene rings is 5. The first kappa shape index (κ1) is 64.7. The second-order valence-electron chi connectivity index (χ2n) is 17.1. The van der Waals surface area contributed by atoms with E-state index in [0.717, 1.165) is 24.3 Å². The first-order valence-electron chi connectivity index (χ1n) is 24.6. The average molecular weight is 1190 g/mol. The van der Waals surface area contributed by atoms with Gasteiger partial charge in [-0.1, -0.05) is 0 Å². The third-order valence-electron chi connectivity index (χ3n) is 10.8. The standard InChI is InChI=1S/C53H62F4N10O13S2/c1-33(50(68)66-52(58)59)24-35-26-44(54)48(45(55)27-35)64-37-4-8-42(9-5-37)81(70,71)62-12-14-75-16-18-77-20-22-79-40-30-39(74-3)31-41(32-40)80-23-21-78-19-17-76-15-13-63-82(72,73)43-10-6-38(7-11-43)65-49-46(56)28-36(29-47(49)57)25-34(2)51(69)67-53(60)61/h4-11,24-32,62-65H,12-23H2,1-3H3,(H4,58,59,66,68)(H4,60,61,67,69)/b33-24+,34-25+. The van der Waals surface area contributed by atoms with Crippen LogP contribution in [0.15, 0.2) is 122 Å². The summed E-state index contributed by atoms with van der Waals surface area (Å²) < 4.78 is 155. The van der Waals surface area contributed by atoms with Gasteiger partial charge in [-0.05, 0) is 110 Å². The Morgan fingerprint density at radius 3 is 1.13 bits per heavy atom. The second-order valence-corrected chi connectivity index (χ2v) is 20.7. The number of nitrogens with two attached hydrogens (primary N) is 4. The van der Waals surface area contributed by atoms with Crippen molar-refractivity contribution in [1.29, 1.82) is 0 Å². The van der Waals surface area contributed by atoms with E-state index < -0.39 is 78.4 Å². The molecular weight excluding hydrogens is 1120 g/mol. The lowest BCUT2D eigenvalue weighted by molar-refractivity contribution is -0.115. The van der Waals surface area contributed by atoms with E-state index in [0.29, 0.717) is 17.2 Å². The molecule has 0 radical (unpaired) electrons. The Labute approximate surface area is 470 Å². The van der Waals surface area contributed by atoms with Crippen molar-refractivity contribution < 1.29 is 77.1 Å². The van der Waals surface area contributed by atoms with E-state index in [1.807, 2.05) is 0 Å². The molecule has 0 unspecified atom stereocenters. The molecule has 5 rings (SSSR count). The van der Waals surface area contributed by atoms with Gasteiger partial charge in [0, 0.05) is 53.8 Å². The van der Waals surface area contributed by atoms with Crippen molar-refractivity contribution in [2.75, 3.05) is 96.9 Å². The normalized spacial score (nSPS) is 11.9. The molecule has 0 aliphatic rings. The average Bonchev–Trinajstić information content (AvgIpc) is 3.49. The number of guanidine groups is 2. The number of anilines is 4. The van der Waals surface area contributed by atoms with Gasteiger partial charge in [0.15, 0.2) is 11.9 Å². The molecule has 0 heterocycles. The number of methoxy groups -OCH3 is 1. The molecular formula is C53H62F4N10O13S2. The topological polar surface area (TPSA) is 344 Å². The van der Waals surface area contributed by atoms with Gasteiger partial charge in [-0.15, -0.1) is 0 Å². The van der Waals surface area contributed by atoms with Crippen molar-refractivity contribution >= 4 is 78.7 Å². The van der Waals surface area contributed by atoms with Crippen LogP contribution in [0.1, 0.15) is 25.0 Å². The molecule has 23 nitrogen and oxygen atoms in total. The fourth-order valence-corrected chi connectivity index (χ4v) is 8.95. The van der Waals surface area contributed by atoms with Gasteiger partial charge in [0.1, 0.15) is 65.1 Å². The highest BCUT2D eigenvalue weighted by Crippen LogP contribution is 2.30. The van der Waals surface area contributed by atoms with E-state index in [-0.39, 0.29) is 123 Å². The van der Waals surface area contributed by atoms with Crippen molar-refractivity contribution in [2.45, 2.75) is 23.6 Å². The molecule has 0 saturated heterocycles. The van der Waals surface area contributed by atoms with Crippen LogP contribution in [0.2, 0.25) is 0 Å². The molecule has 0 bridgehead atoms. The van der Waals surface area contributed by atoms with Crippen LogP contribution in [0.3, 0.4) is 0 Å². The van der Waals surface area contributed by atoms with Gasteiger partial charge in [-0.2, -0.15) is 9.98 Å². The summed E-state index contributed by atoms with van der Waals surface area (Å²) in [5.41, 5.74) is 20.4. The number of hydrogen-bond donors (Lipinski definition) is 8. The Morgan fingerprint density at radius 2 is 0.805 bits per heavy atom. The SMILES string of the molecule is COc1cc(OCCOCCOCCNS(=O)(=O)c2ccc(Nc3c(F)cc(/C=C(\C)C(=O)N=C(N)N)cc3F)cc2)cc(OCCOCCOCCNS(=O)(=O)c2ccc(Nc3c(F)cc(/C=C(\C)C(=O)N=C(N)N)cc3F)cc2)c1. The molecule has 0 atom stereocenters. The quantitative estimate of drug-likeness (QED) is 0.00908. The Morgan fingerprint density at radius 1 is 0.488 bits per heavy atom. The van der Waals surface area contributed by atoms with Crippen molar-refractivity contribution in [3.05, 3.63) is 137 Å². The number of rotatable bonds is 33. The van der Waals surface area contributed by atoms with E-state index >= 15 is 0 Å². The van der Waals surface area contributed by atoms with E-state index in [1.165, 1.54) is 81.6 Å². The minimum Gasteiger partial charge on any atom is -0.496 e. The second kappa shape index (κ2) is 31.7. The van der Waals surface area contributed by atoms with E-state index in [2.05, 4.69) is 30.1 Å². The van der Waals surface area contributed by atoms with E-state index in [4.69, 9.17) is 56.1 Å². The fourth-order valence-electron chi connectivity index (χ4n) is 6.92. The largest absolute Gasteiger partial charge is 0.496 e. The number of ether oxygens (including phenoxy) is 7. The molecule has 0 saturated carbocycles. The van der Waals surface area contributed by atoms with Crippen LogP contribution < -0.4 is 57.2 Å². The van der Waals surface area contributed by atoms with Gasteiger partial charge in [0.2, 0.25) is 20.0 Å². The summed E-state index contributed by atoms with van der Waals surface area (Å²) in [5, 5.41) is 5.18. The first-order chi connectivity index (χ1) is 39.0. The lowest BCUT2D eigenvalue weighted by Crippen LogP contribution is -2.27. The third-order valence-corrected chi connectivity index (χ3v) is 13.8. The predicted molar refractivity (Wildman–Crippen MR) is 299 cm³/mol. The monoisotopic (exact) mass is 1190 g/mol. The van der Waals surface area contributed by atoms with Crippen LogP contribution in [-0.4, -0.2) is 127 Å². The van der Waals surface area contributed by atoms with Crippen LogP contribution in [-0.2, 0) is 48.6 Å². The summed E-state index contributed by atoms with van der Waals surface area (Å²) in [6.45, 7) is 4.23. The van der Waals surface area contributed by atoms with Gasteiger partial charge in [0.25, 0.3) is 11.8 Å². The van der Waals surface area contributed by atoms with Crippen molar-refractivity contribution in [2.24, 2.45) is 32.9 Å². The Bertz CT molecular complexity index is 3090. The maximum Gasteiger partial charge on any atom is 0.275 e. The van der Waals surface area contributed by atoms with Gasteiger partial charge in [-0.25, -0.2) is 43.8 Å². The Kier molecular flexibility index (Phi) is 25.0. The van der Waals surface area contributed by atoms with Crippen molar-refractivity contribution in [3.8, 4) is 17.2 Å². The highest BCUT2D eigenvalue weighted by atomic mass is 32.2. The zero-order valence-corrected chi connectivity index (χ0v) is 46.3. The minimum absolute atomic E-state index is 0.0389. The maximum atomic E-state index is 14.9. The maximum absolute atomic E-state index is 14.9. The molecule has 5 aromatic rings. The van der Waals surface area contributed by atoms with Crippen LogP contribution in [0.5, 0.6) is 17.2 Å². The number of carbonyl (C=O) groups is 2. The highest BCUT2D eigenvalue weighted by molar-refractivity contribution is 7.89. The molecule has 0 fully saturated rings. The Balaban J connectivity index is 0.901. The fraction of sp³-hybridized carbons (Fsp3) is 0.283. The first-order valence-corrected chi connectivity index (χ1v) is 27.6. The summed E-state index contributed by atoms with van der Waals surface area (Å²) in [7, 11) is -6.41. The summed E-state index contributed by atoms with van der Waals surface area (Å²) in [4.78, 5) is 30.4. The van der Waals surface area contributed by atoms with Crippen LogP contribution >= 0.6 is 0 Å². The summed E-state index contributed by atoms with van der Waals surface area (Å²) in [5.74, 6) is -4.94. The summed E-state index contributed by atoms with van der Waals surface area (Å²) >= 11 is 0. The zero-order valence-electron chi connectivity index (χ0n) is 44.6. The molecule has 0 aliphatic heterocycles. The van der Waals surface area contributed by atoms with Gasteiger partial charge < -0.3 is 66.7 Å². The number of sulfonamides is 2. The number of halogens is 4. The van der Waals surface area contributed by atoms with Crippen molar-refractivity contribution in [1.82, 2.24) is 9.44 Å². The van der Waals surface area contributed by atoms with Gasteiger partial charge >= 0.3 is 0 Å². The molecule has 5 aromatic carbocycles. The molecule has 2 amide bonds. The molecule has 0 aromatic heterocycles. The minimum atomic E-state index is -3.95. The third kappa shape index (κ3) is 21.4. The van der Waals surface area contributed by atoms with Crippen molar-refractivity contribution in [3.63, 3.8) is 0 Å². The van der Waals surface area contributed by atoms with Gasteiger partial charge in [0.05, 0.1) is 69.8 Å². The lowest BCUT2D eigenvalue weighted by atomic mass is 10.1. The molecule has 29 heteroatoms. The number of nitrogens with one attached hydrogen (secondary N) is 4. The van der Waals surface area contributed by atoms with Crippen LogP contribution in [0, 0.1) is 23.3 Å². The number of hydrogen-bond acceptors (Lipinski definition) is 15. The molecule has 0 aliphatic carbocycles. The Hall–Kier alpha value is -8.16. The molecule has 12 N–H and O–H groups in total. The highest BCUT2D eigenvalue weighted by Gasteiger charge is 2.18. The van der Waals surface area contributed by atoms with E-state index in [9.17, 15) is 44.0 Å². The van der Waals surface area contributed by atoms with Crippen LogP contribution in [0.4, 0.5) is 40.3 Å². The number of amides is 2. The summed E-state index contributed by atoms with van der Waals surface area (Å²) in [6, 6.07) is 19.4. The van der Waals surface area contributed by atoms with Gasteiger partial charge in [-0.3, -0.25) is 9.59 Å². The zero-order chi connectivity index (χ0) is 59.8. The number of nitrogens with zero attached hydrogens (tertiary/aromatic N) is 2. The van der Waals surface area contributed by atoms with E-state index in [1.54, 1.807) is 18.2 Å². The molecule has 82 heavy (non-hydrogen) atoms. The van der Waals surface area contributed by atoms with Crippen LogP contribution in [0.25, 0.3) is 12.2 Å². The molecule has 442 valence electrons. The number of carbonyl (C=O) groups excluding carboxylic acids is 2.